The summed E-state index contributed by atoms with van der Waals surface area (Å²) in [6, 6.07) is 1.66. The lowest BCUT2D eigenvalue weighted by Gasteiger charge is -2.04. The Kier molecular flexibility index (Phi) is 3.09. The molecule has 1 nitrogen and oxygen atoms in total. The smallest absolute Gasteiger partial charge is 0.0756 e. The predicted octanol–water partition coefficient (Wildman–Crippen LogP) is 4.10. The summed E-state index contributed by atoms with van der Waals surface area (Å²) in [6.07, 6.45) is 0. The second-order valence-corrected chi connectivity index (χ2v) is 4.31. The number of rotatable bonds is 0. The molecule has 2 N–H and O–H groups in total. The first kappa shape index (κ1) is 9.65. The molecule has 0 aliphatic carbocycles. The van der Waals surface area contributed by atoms with Gasteiger partial charge >= 0.3 is 0 Å². The van der Waals surface area contributed by atoms with Gasteiger partial charge in [0.1, 0.15) is 0 Å². The third-order valence-corrected chi connectivity index (χ3v) is 3.65. The average Bonchev–Trinajstić information content (AvgIpc) is 1.97. The largest absolute Gasteiger partial charge is 0.397 e. The van der Waals surface area contributed by atoms with E-state index in [0.29, 0.717) is 20.2 Å². The van der Waals surface area contributed by atoms with Crippen molar-refractivity contribution in [3.8, 4) is 0 Å². The van der Waals surface area contributed by atoms with Crippen LogP contribution in [-0.2, 0) is 0 Å². The lowest BCUT2D eigenvalue weighted by atomic mass is 10.3. The maximum absolute atomic E-state index is 5.78. The highest BCUT2D eigenvalue weighted by molar-refractivity contribution is 9.11. The van der Waals surface area contributed by atoms with Crippen LogP contribution < -0.4 is 5.73 Å². The van der Waals surface area contributed by atoms with Crippen molar-refractivity contribution in [2.75, 3.05) is 5.73 Å². The van der Waals surface area contributed by atoms with Gasteiger partial charge in [-0.25, -0.2) is 0 Å². The first-order valence-electron chi connectivity index (χ1n) is 2.62. The van der Waals surface area contributed by atoms with Gasteiger partial charge in [-0.15, -0.1) is 0 Å². The van der Waals surface area contributed by atoms with Crippen molar-refractivity contribution in [1.82, 2.24) is 0 Å². The molecule has 0 unspecified atom stereocenters. The van der Waals surface area contributed by atoms with E-state index >= 15 is 0 Å². The van der Waals surface area contributed by atoms with Crippen LogP contribution in [0.25, 0.3) is 0 Å². The monoisotopic (exact) mass is 317 g/mol. The van der Waals surface area contributed by atoms with Crippen LogP contribution in [-0.4, -0.2) is 0 Å². The van der Waals surface area contributed by atoms with Crippen LogP contribution in [0.2, 0.25) is 10.0 Å². The van der Waals surface area contributed by atoms with Crippen molar-refractivity contribution in [2.45, 2.75) is 0 Å². The summed E-state index contributed by atoms with van der Waals surface area (Å²) >= 11 is 18.0. The third-order valence-electron chi connectivity index (χ3n) is 1.15. The number of hydrogen-bond acceptors (Lipinski definition) is 1. The highest BCUT2D eigenvalue weighted by Gasteiger charge is 2.09. The topological polar surface area (TPSA) is 26.0 Å². The van der Waals surface area contributed by atoms with Crippen molar-refractivity contribution in [2.24, 2.45) is 0 Å². The summed E-state index contributed by atoms with van der Waals surface area (Å²) < 4.78 is 1.36. The number of halogens is 4. The van der Waals surface area contributed by atoms with Crippen molar-refractivity contribution in [1.29, 1.82) is 0 Å². The summed E-state index contributed by atoms with van der Waals surface area (Å²) in [5.41, 5.74) is 6.17. The van der Waals surface area contributed by atoms with Crippen molar-refractivity contribution in [3.05, 3.63) is 25.1 Å². The molecule has 0 aliphatic heterocycles. The molecule has 1 aromatic rings. The summed E-state index contributed by atoms with van der Waals surface area (Å²) in [5.74, 6) is 0. The molecule has 0 aromatic heterocycles. The molecule has 1 rings (SSSR count). The first-order chi connectivity index (χ1) is 5.04. The molecular weight excluding hydrogens is 317 g/mol. The third kappa shape index (κ3) is 1.83. The molecule has 0 amide bonds. The molecule has 0 heterocycles. The van der Waals surface area contributed by atoms with Gasteiger partial charge in [-0.1, -0.05) is 23.2 Å². The lowest BCUT2D eigenvalue weighted by molar-refractivity contribution is 1.58. The van der Waals surface area contributed by atoms with E-state index in [4.69, 9.17) is 28.9 Å². The van der Waals surface area contributed by atoms with E-state index in [0.717, 1.165) is 4.47 Å². The minimum Gasteiger partial charge on any atom is -0.397 e. The quantitative estimate of drug-likeness (QED) is 0.435. The molecule has 11 heavy (non-hydrogen) atoms. The number of hydrogen-bond donors (Lipinski definition) is 1. The maximum atomic E-state index is 5.78. The Morgan fingerprint density at radius 3 is 2.36 bits per heavy atom. The highest BCUT2D eigenvalue weighted by atomic mass is 79.9. The first-order valence-corrected chi connectivity index (χ1v) is 4.96. The fourth-order valence-electron chi connectivity index (χ4n) is 0.580. The Balaban J connectivity index is 3.46. The van der Waals surface area contributed by atoms with Crippen LogP contribution in [0.15, 0.2) is 15.0 Å². The van der Waals surface area contributed by atoms with Crippen LogP contribution in [0.4, 0.5) is 5.69 Å². The molecular formula is C6H3Br2Cl2N. The van der Waals surface area contributed by atoms with Gasteiger partial charge in [0.05, 0.1) is 20.2 Å². The average molecular weight is 320 g/mol. The fraction of sp³-hybridized carbons (Fsp3) is 0. The van der Waals surface area contributed by atoms with E-state index < -0.39 is 0 Å². The van der Waals surface area contributed by atoms with Gasteiger partial charge in [0.2, 0.25) is 0 Å². The summed E-state index contributed by atoms with van der Waals surface area (Å²) in [4.78, 5) is 0. The SMILES string of the molecule is Nc1c(Br)cc(Cl)c(Cl)c1Br. The van der Waals surface area contributed by atoms with Gasteiger partial charge < -0.3 is 5.73 Å². The molecule has 60 valence electrons. The Bertz CT molecular complexity index is 275. The van der Waals surface area contributed by atoms with Gasteiger partial charge in [-0.2, -0.15) is 0 Å². The van der Waals surface area contributed by atoms with Crippen LogP contribution in [0.5, 0.6) is 0 Å². The molecule has 0 saturated carbocycles. The Morgan fingerprint density at radius 2 is 1.82 bits per heavy atom. The van der Waals surface area contributed by atoms with Gasteiger partial charge in [0, 0.05) is 4.47 Å². The molecule has 5 heteroatoms. The van der Waals surface area contributed by atoms with Crippen LogP contribution in [0, 0.1) is 0 Å². The number of anilines is 1. The molecule has 0 radical (unpaired) electrons. The van der Waals surface area contributed by atoms with Crippen molar-refractivity contribution in [3.63, 3.8) is 0 Å². The maximum Gasteiger partial charge on any atom is 0.0756 e. The van der Waals surface area contributed by atoms with Crippen LogP contribution >= 0.6 is 55.1 Å². The van der Waals surface area contributed by atoms with E-state index in [2.05, 4.69) is 31.9 Å². The van der Waals surface area contributed by atoms with Gasteiger partial charge in [0.25, 0.3) is 0 Å². The molecule has 1 aromatic carbocycles. The minimum atomic E-state index is 0.437. The Labute approximate surface area is 91.1 Å². The predicted molar refractivity (Wildman–Crippen MR) is 56.3 cm³/mol. The zero-order chi connectivity index (χ0) is 8.59. The number of nitrogens with two attached hydrogens (primary N) is 1. The second-order valence-electron chi connectivity index (χ2n) is 1.88. The van der Waals surface area contributed by atoms with E-state index in [1.807, 2.05) is 0 Å². The zero-order valence-electron chi connectivity index (χ0n) is 5.17. The molecule has 0 bridgehead atoms. The van der Waals surface area contributed by atoms with E-state index in [9.17, 15) is 0 Å². The van der Waals surface area contributed by atoms with Crippen LogP contribution in [0.3, 0.4) is 0 Å². The summed E-state index contributed by atoms with van der Waals surface area (Å²) in [5, 5.41) is 0.909. The molecule has 0 fully saturated rings. The summed E-state index contributed by atoms with van der Waals surface area (Å²) in [7, 11) is 0. The van der Waals surface area contributed by atoms with Gasteiger partial charge in [-0.3, -0.25) is 0 Å². The Morgan fingerprint density at radius 1 is 1.27 bits per heavy atom. The van der Waals surface area contributed by atoms with Crippen LogP contribution in [0.1, 0.15) is 0 Å². The fourth-order valence-corrected chi connectivity index (χ4v) is 2.31. The lowest BCUT2D eigenvalue weighted by Crippen LogP contribution is -1.89. The van der Waals surface area contributed by atoms with Crippen molar-refractivity contribution >= 4 is 60.7 Å². The molecule has 0 spiro atoms. The minimum absolute atomic E-state index is 0.437. The van der Waals surface area contributed by atoms with E-state index in [-0.39, 0.29) is 0 Å². The molecule has 0 saturated heterocycles. The number of benzene rings is 1. The second kappa shape index (κ2) is 3.52. The van der Waals surface area contributed by atoms with Gasteiger partial charge in [-0.05, 0) is 37.9 Å². The highest BCUT2D eigenvalue weighted by Crippen LogP contribution is 2.39. The molecule has 0 atom stereocenters. The van der Waals surface area contributed by atoms with E-state index in [1.165, 1.54) is 0 Å². The zero-order valence-corrected chi connectivity index (χ0v) is 9.85. The summed E-state index contributed by atoms with van der Waals surface area (Å²) in [6.45, 7) is 0. The number of nitrogen functional groups attached to an aromatic ring is 1. The normalized spacial score (nSPS) is 10.2. The van der Waals surface area contributed by atoms with Gasteiger partial charge in [0.15, 0.2) is 0 Å². The standard InChI is InChI=1S/C6H3Br2Cl2N/c7-2-1-3(9)5(10)4(8)6(2)11/h1H,11H2. The van der Waals surface area contributed by atoms with E-state index in [1.54, 1.807) is 6.07 Å². The Hall–Kier alpha value is 0.560. The van der Waals surface area contributed by atoms with Crippen molar-refractivity contribution < 1.29 is 0 Å². The molecule has 0 aliphatic rings.